The number of likely N-dealkylation sites (tertiary alicyclic amines) is 1. The first-order valence-corrected chi connectivity index (χ1v) is 5.02. The van der Waals surface area contributed by atoms with Crippen LogP contribution in [0.25, 0.3) is 0 Å². The maximum absolute atomic E-state index is 8.94. The second-order valence-corrected chi connectivity index (χ2v) is 4.14. The van der Waals surface area contributed by atoms with Gasteiger partial charge in [-0.3, -0.25) is 4.90 Å². The van der Waals surface area contributed by atoms with Crippen molar-refractivity contribution in [3.63, 3.8) is 0 Å². The van der Waals surface area contributed by atoms with Crippen molar-refractivity contribution in [2.24, 2.45) is 5.41 Å². The van der Waals surface area contributed by atoms with Crippen molar-refractivity contribution in [3.05, 3.63) is 0 Å². The molecule has 72 valence electrons. The van der Waals surface area contributed by atoms with Crippen molar-refractivity contribution in [1.82, 2.24) is 4.90 Å². The van der Waals surface area contributed by atoms with Crippen molar-refractivity contribution < 1.29 is 5.11 Å². The third-order valence-electron chi connectivity index (χ3n) is 3.46. The summed E-state index contributed by atoms with van der Waals surface area (Å²) < 4.78 is 0. The smallest absolute Gasteiger partial charge is 0.0584 e. The molecule has 0 bridgehead atoms. The minimum Gasteiger partial charge on any atom is -0.395 e. The van der Waals surface area contributed by atoms with Crippen molar-refractivity contribution in [2.45, 2.75) is 39.7 Å². The quantitative estimate of drug-likeness (QED) is 0.692. The molecule has 1 fully saturated rings. The summed E-state index contributed by atoms with van der Waals surface area (Å²) >= 11 is 0. The Morgan fingerprint density at radius 1 is 1.33 bits per heavy atom. The standard InChI is InChI=1S/C10H21NO/c1-4-10(5-2)7-11(8-10)9(3)6-12/h9,12H,4-8H2,1-3H3. The minimum absolute atomic E-state index is 0.295. The molecule has 1 aliphatic rings. The molecule has 0 amide bonds. The molecule has 0 radical (unpaired) electrons. The lowest BCUT2D eigenvalue weighted by atomic mass is 9.74. The van der Waals surface area contributed by atoms with Gasteiger partial charge in [-0.15, -0.1) is 0 Å². The normalized spacial score (nSPS) is 25.0. The van der Waals surface area contributed by atoms with E-state index in [2.05, 4.69) is 25.7 Å². The van der Waals surface area contributed by atoms with Gasteiger partial charge in [0.1, 0.15) is 0 Å². The third kappa shape index (κ3) is 1.64. The van der Waals surface area contributed by atoms with Crippen LogP contribution in [0.2, 0.25) is 0 Å². The summed E-state index contributed by atoms with van der Waals surface area (Å²) in [5.41, 5.74) is 0.573. The molecule has 1 aliphatic heterocycles. The van der Waals surface area contributed by atoms with E-state index in [1.54, 1.807) is 0 Å². The van der Waals surface area contributed by atoms with Gasteiger partial charge >= 0.3 is 0 Å². The van der Waals surface area contributed by atoms with E-state index in [-0.39, 0.29) is 0 Å². The Bertz CT molecular complexity index is 135. The molecule has 0 aromatic heterocycles. The highest BCUT2D eigenvalue weighted by Crippen LogP contribution is 2.37. The lowest BCUT2D eigenvalue weighted by Gasteiger charge is -2.52. The van der Waals surface area contributed by atoms with Crippen LogP contribution < -0.4 is 0 Å². The second-order valence-electron chi connectivity index (χ2n) is 4.14. The van der Waals surface area contributed by atoms with Crippen LogP contribution in [0.15, 0.2) is 0 Å². The van der Waals surface area contributed by atoms with Crippen LogP contribution >= 0.6 is 0 Å². The zero-order valence-corrected chi connectivity index (χ0v) is 8.51. The molecule has 1 atom stereocenters. The van der Waals surface area contributed by atoms with Gasteiger partial charge in [-0.2, -0.15) is 0 Å². The van der Waals surface area contributed by atoms with E-state index < -0.39 is 0 Å². The first-order chi connectivity index (χ1) is 5.67. The molecule has 1 N–H and O–H groups in total. The Morgan fingerprint density at radius 3 is 2.17 bits per heavy atom. The van der Waals surface area contributed by atoms with Gasteiger partial charge in [0.2, 0.25) is 0 Å². The third-order valence-corrected chi connectivity index (χ3v) is 3.46. The van der Waals surface area contributed by atoms with Gasteiger partial charge in [-0.25, -0.2) is 0 Å². The topological polar surface area (TPSA) is 23.5 Å². The highest BCUT2D eigenvalue weighted by atomic mass is 16.3. The first-order valence-electron chi connectivity index (χ1n) is 5.02. The van der Waals surface area contributed by atoms with Gasteiger partial charge in [-0.05, 0) is 25.2 Å². The summed E-state index contributed by atoms with van der Waals surface area (Å²) in [6.45, 7) is 9.29. The van der Waals surface area contributed by atoms with Crippen LogP contribution in [0.1, 0.15) is 33.6 Å². The molecule has 12 heavy (non-hydrogen) atoms. The van der Waals surface area contributed by atoms with Crippen molar-refractivity contribution in [2.75, 3.05) is 19.7 Å². The lowest BCUT2D eigenvalue weighted by Crippen LogP contribution is -2.59. The van der Waals surface area contributed by atoms with Gasteiger partial charge in [0.15, 0.2) is 0 Å². The Hall–Kier alpha value is -0.0800. The van der Waals surface area contributed by atoms with Crippen molar-refractivity contribution >= 4 is 0 Å². The Labute approximate surface area is 75.6 Å². The molecule has 0 saturated carbocycles. The van der Waals surface area contributed by atoms with Gasteiger partial charge < -0.3 is 5.11 Å². The minimum atomic E-state index is 0.295. The Morgan fingerprint density at radius 2 is 1.83 bits per heavy atom. The molecule has 1 heterocycles. The fraction of sp³-hybridized carbons (Fsp3) is 1.00. The lowest BCUT2D eigenvalue weighted by molar-refractivity contribution is -0.0451. The number of aliphatic hydroxyl groups is 1. The van der Waals surface area contributed by atoms with E-state index in [9.17, 15) is 0 Å². The monoisotopic (exact) mass is 171 g/mol. The molecule has 0 aliphatic carbocycles. The number of nitrogens with zero attached hydrogens (tertiary/aromatic N) is 1. The van der Waals surface area contributed by atoms with E-state index in [0.29, 0.717) is 18.1 Å². The average Bonchev–Trinajstić information content (AvgIpc) is 2.04. The van der Waals surface area contributed by atoms with Crippen LogP contribution in [0, 0.1) is 5.41 Å². The fourth-order valence-corrected chi connectivity index (χ4v) is 1.94. The number of aliphatic hydroxyl groups excluding tert-OH is 1. The molecule has 2 nitrogen and oxygen atoms in total. The van der Waals surface area contributed by atoms with Gasteiger partial charge in [0.25, 0.3) is 0 Å². The highest BCUT2D eigenvalue weighted by Gasteiger charge is 2.41. The van der Waals surface area contributed by atoms with Gasteiger partial charge in [0.05, 0.1) is 6.61 Å². The molecule has 1 saturated heterocycles. The molecule has 1 rings (SSSR count). The van der Waals surface area contributed by atoms with Crippen LogP contribution in [0.5, 0.6) is 0 Å². The maximum Gasteiger partial charge on any atom is 0.0584 e. The summed E-state index contributed by atoms with van der Waals surface area (Å²) in [7, 11) is 0. The molecule has 0 aromatic carbocycles. The molecule has 1 unspecified atom stereocenters. The summed E-state index contributed by atoms with van der Waals surface area (Å²) in [5, 5.41) is 8.94. The molecule has 0 spiro atoms. The maximum atomic E-state index is 8.94. The molecule has 0 aromatic rings. The van der Waals surface area contributed by atoms with E-state index in [0.717, 1.165) is 0 Å². The zero-order valence-electron chi connectivity index (χ0n) is 8.51. The van der Waals surface area contributed by atoms with Gasteiger partial charge in [-0.1, -0.05) is 13.8 Å². The number of hydrogen-bond donors (Lipinski definition) is 1. The van der Waals surface area contributed by atoms with Crippen molar-refractivity contribution in [3.8, 4) is 0 Å². The molecule has 2 heteroatoms. The fourth-order valence-electron chi connectivity index (χ4n) is 1.94. The van der Waals surface area contributed by atoms with Crippen LogP contribution in [-0.4, -0.2) is 35.7 Å². The predicted octanol–water partition coefficient (Wildman–Crippen LogP) is 1.49. The summed E-state index contributed by atoms with van der Waals surface area (Å²) in [4.78, 5) is 2.37. The first kappa shape index (κ1) is 10.0. The largest absolute Gasteiger partial charge is 0.395 e. The van der Waals surface area contributed by atoms with E-state index in [4.69, 9.17) is 5.11 Å². The number of hydrogen-bond acceptors (Lipinski definition) is 2. The van der Waals surface area contributed by atoms with Crippen LogP contribution in [0.4, 0.5) is 0 Å². The zero-order chi connectivity index (χ0) is 9.19. The average molecular weight is 171 g/mol. The Balaban J connectivity index is 2.34. The second kappa shape index (κ2) is 3.75. The van der Waals surface area contributed by atoms with E-state index in [1.807, 2.05) is 0 Å². The Kier molecular flexibility index (Phi) is 3.13. The van der Waals surface area contributed by atoms with E-state index in [1.165, 1.54) is 25.9 Å². The highest BCUT2D eigenvalue weighted by molar-refractivity contribution is 4.94. The molecular formula is C10H21NO. The van der Waals surface area contributed by atoms with Gasteiger partial charge in [0, 0.05) is 19.1 Å². The summed E-state index contributed by atoms with van der Waals surface area (Å²) in [6.07, 6.45) is 2.55. The van der Waals surface area contributed by atoms with E-state index >= 15 is 0 Å². The molecular weight excluding hydrogens is 150 g/mol. The van der Waals surface area contributed by atoms with Crippen LogP contribution in [0.3, 0.4) is 0 Å². The predicted molar refractivity (Wildman–Crippen MR) is 51.1 cm³/mol. The summed E-state index contributed by atoms with van der Waals surface area (Å²) in [5.74, 6) is 0. The SMILES string of the molecule is CCC1(CC)CN(C(C)CO)C1. The van der Waals surface area contributed by atoms with Crippen molar-refractivity contribution in [1.29, 1.82) is 0 Å². The summed E-state index contributed by atoms with van der Waals surface area (Å²) in [6, 6.07) is 0.358. The number of rotatable bonds is 4. The van der Waals surface area contributed by atoms with Crippen LogP contribution in [-0.2, 0) is 0 Å².